The molecule has 0 aromatic heterocycles. The molecule has 106 valence electrons. The molecular weight excluding hydrogens is 354 g/mol. The third kappa shape index (κ3) is 4.26. The van der Waals surface area contributed by atoms with Crippen molar-refractivity contribution >= 4 is 39.3 Å². The van der Waals surface area contributed by atoms with Gasteiger partial charge < -0.3 is 5.32 Å². The fourth-order valence-corrected chi connectivity index (χ4v) is 2.88. The highest BCUT2D eigenvalue weighted by Gasteiger charge is 2.05. The molecule has 0 aliphatic heterocycles. The molecule has 0 radical (unpaired) electrons. The van der Waals surface area contributed by atoms with Gasteiger partial charge in [-0.05, 0) is 64.5 Å². The first-order valence-corrected chi connectivity index (χ1v) is 8.81. The molecule has 1 nitrogen and oxygen atoms in total. The van der Waals surface area contributed by atoms with E-state index in [1.807, 2.05) is 12.1 Å². The summed E-state index contributed by atoms with van der Waals surface area (Å²) in [4.78, 5) is 1.29. The lowest BCUT2D eigenvalue weighted by molar-refractivity contribution is 0.574. The quantitative estimate of drug-likeness (QED) is 0.680. The lowest BCUT2D eigenvalue weighted by Gasteiger charge is -2.15. The van der Waals surface area contributed by atoms with Crippen molar-refractivity contribution in [1.82, 2.24) is 5.32 Å². The maximum atomic E-state index is 6.00. The molecule has 1 atom stereocenters. The molecule has 0 heterocycles. The highest BCUT2D eigenvalue weighted by Crippen LogP contribution is 2.24. The Morgan fingerprint density at radius 1 is 1.20 bits per heavy atom. The molecule has 2 aromatic rings. The molecule has 2 aromatic carbocycles. The van der Waals surface area contributed by atoms with Crippen LogP contribution in [-0.4, -0.2) is 6.26 Å². The first-order chi connectivity index (χ1) is 9.60. The zero-order chi connectivity index (χ0) is 14.5. The Balaban J connectivity index is 1.96. The molecule has 0 bridgehead atoms. The second kappa shape index (κ2) is 7.51. The van der Waals surface area contributed by atoms with Crippen LogP contribution in [0.4, 0.5) is 0 Å². The van der Waals surface area contributed by atoms with Gasteiger partial charge in [0.15, 0.2) is 0 Å². The number of thioether (sulfide) groups is 1. The smallest absolute Gasteiger partial charge is 0.0548 e. The van der Waals surface area contributed by atoms with Gasteiger partial charge in [-0.25, -0.2) is 0 Å². The van der Waals surface area contributed by atoms with E-state index in [0.29, 0.717) is 6.04 Å². The molecule has 0 saturated carbocycles. The van der Waals surface area contributed by atoms with Crippen molar-refractivity contribution < 1.29 is 0 Å². The summed E-state index contributed by atoms with van der Waals surface area (Å²) in [6, 6.07) is 15.0. The van der Waals surface area contributed by atoms with Gasteiger partial charge in [0.1, 0.15) is 0 Å². The van der Waals surface area contributed by atoms with E-state index in [1.54, 1.807) is 11.8 Å². The summed E-state index contributed by atoms with van der Waals surface area (Å²) in [6.07, 6.45) is 2.09. The summed E-state index contributed by atoms with van der Waals surface area (Å²) >= 11 is 11.2. The monoisotopic (exact) mass is 369 g/mol. The van der Waals surface area contributed by atoms with E-state index in [9.17, 15) is 0 Å². The average molecular weight is 371 g/mol. The molecule has 1 N–H and O–H groups in total. The molecule has 4 heteroatoms. The molecule has 1 unspecified atom stereocenters. The van der Waals surface area contributed by atoms with Crippen molar-refractivity contribution in [3.05, 3.63) is 63.1 Å². The second-order valence-corrected chi connectivity index (χ2v) is 6.77. The number of nitrogens with one attached hydrogen (secondary N) is 1. The Hall–Kier alpha value is -0.480. The summed E-state index contributed by atoms with van der Waals surface area (Å²) in [5.41, 5.74) is 2.52. The van der Waals surface area contributed by atoms with Crippen molar-refractivity contribution in [2.75, 3.05) is 6.26 Å². The van der Waals surface area contributed by atoms with Crippen LogP contribution in [0.15, 0.2) is 51.8 Å². The third-order valence-corrected chi connectivity index (χ3v) is 5.17. The minimum Gasteiger partial charge on any atom is -0.306 e. The SMILES string of the molecule is CSc1ccc(C(C)NCc2ccc(Cl)c(Br)c2)cc1. The molecular formula is C16H17BrClNS. The van der Waals surface area contributed by atoms with E-state index >= 15 is 0 Å². The molecule has 0 amide bonds. The van der Waals surface area contributed by atoms with Crippen LogP contribution >= 0.6 is 39.3 Å². The summed E-state index contributed by atoms with van der Waals surface area (Å²) in [5.74, 6) is 0. The third-order valence-electron chi connectivity index (χ3n) is 3.21. The van der Waals surface area contributed by atoms with Gasteiger partial charge in [-0.2, -0.15) is 0 Å². The summed E-state index contributed by atoms with van der Waals surface area (Å²) in [7, 11) is 0. The van der Waals surface area contributed by atoms with E-state index in [-0.39, 0.29) is 0 Å². The van der Waals surface area contributed by atoms with Gasteiger partial charge in [-0.15, -0.1) is 11.8 Å². The van der Waals surface area contributed by atoms with Gasteiger partial charge in [0.2, 0.25) is 0 Å². The Morgan fingerprint density at radius 2 is 1.90 bits per heavy atom. The largest absolute Gasteiger partial charge is 0.306 e. The van der Waals surface area contributed by atoms with E-state index in [4.69, 9.17) is 11.6 Å². The lowest BCUT2D eigenvalue weighted by atomic mass is 10.1. The standard InChI is InChI=1S/C16H17BrClNS/c1-11(13-4-6-14(20-2)7-5-13)19-10-12-3-8-16(18)15(17)9-12/h3-9,11,19H,10H2,1-2H3. The summed E-state index contributed by atoms with van der Waals surface area (Å²) < 4.78 is 0.940. The van der Waals surface area contributed by atoms with Gasteiger partial charge in [-0.3, -0.25) is 0 Å². The predicted molar refractivity (Wildman–Crippen MR) is 92.6 cm³/mol. The van der Waals surface area contributed by atoms with Crippen molar-refractivity contribution in [3.63, 3.8) is 0 Å². The second-order valence-electron chi connectivity index (χ2n) is 4.62. The molecule has 2 rings (SSSR count). The van der Waals surface area contributed by atoms with Crippen LogP contribution < -0.4 is 5.32 Å². The molecule has 0 spiro atoms. The predicted octanol–water partition coefficient (Wildman–Crippen LogP) is 5.68. The zero-order valence-corrected chi connectivity index (χ0v) is 14.6. The van der Waals surface area contributed by atoms with E-state index < -0.39 is 0 Å². The summed E-state index contributed by atoms with van der Waals surface area (Å²) in [5, 5.41) is 4.27. The maximum Gasteiger partial charge on any atom is 0.0548 e. The fraction of sp³-hybridized carbons (Fsp3) is 0.250. The Labute approximate surface area is 138 Å². The van der Waals surface area contributed by atoms with Crippen LogP contribution in [0.25, 0.3) is 0 Å². The van der Waals surface area contributed by atoms with Gasteiger partial charge >= 0.3 is 0 Å². The minimum absolute atomic E-state index is 0.320. The van der Waals surface area contributed by atoms with Crippen molar-refractivity contribution in [1.29, 1.82) is 0 Å². The number of benzene rings is 2. The first-order valence-electron chi connectivity index (χ1n) is 6.41. The Bertz CT molecular complexity index is 571. The molecule has 0 saturated heterocycles. The van der Waals surface area contributed by atoms with Crippen LogP contribution in [0.2, 0.25) is 5.02 Å². The van der Waals surface area contributed by atoms with Gasteiger partial charge in [0.25, 0.3) is 0 Å². The van der Waals surface area contributed by atoms with Crippen LogP contribution in [-0.2, 0) is 6.54 Å². The molecule has 0 fully saturated rings. The van der Waals surface area contributed by atoms with E-state index in [1.165, 1.54) is 16.0 Å². The zero-order valence-electron chi connectivity index (χ0n) is 11.5. The van der Waals surface area contributed by atoms with Crippen LogP contribution in [0.5, 0.6) is 0 Å². The van der Waals surface area contributed by atoms with Gasteiger partial charge in [-0.1, -0.05) is 29.8 Å². The Kier molecular flexibility index (Phi) is 5.97. The topological polar surface area (TPSA) is 12.0 Å². The summed E-state index contributed by atoms with van der Waals surface area (Å²) in [6.45, 7) is 3.00. The highest BCUT2D eigenvalue weighted by molar-refractivity contribution is 9.10. The maximum absolute atomic E-state index is 6.00. The van der Waals surface area contributed by atoms with Crippen LogP contribution in [0, 0.1) is 0 Å². The first kappa shape index (κ1) is 15.9. The van der Waals surface area contributed by atoms with Crippen LogP contribution in [0.1, 0.15) is 24.1 Å². The highest BCUT2D eigenvalue weighted by atomic mass is 79.9. The molecule has 0 aliphatic rings. The van der Waals surface area contributed by atoms with Crippen LogP contribution in [0.3, 0.4) is 0 Å². The average Bonchev–Trinajstić information content (AvgIpc) is 2.48. The molecule has 20 heavy (non-hydrogen) atoms. The van der Waals surface area contributed by atoms with Crippen molar-refractivity contribution in [2.24, 2.45) is 0 Å². The molecule has 0 aliphatic carbocycles. The van der Waals surface area contributed by atoms with Gasteiger partial charge in [0, 0.05) is 22.0 Å². The minimum atomic E-state index is 0.320. The van der Waals surface area contributed by atoms with E-state index in [0.717, 1.165) is 16.0 Å². The Morgan fingerprint density at radius 3 is 2.50 bits per heavy atom. The van der Waals surface area contributed by atoms with Crippen molar-refractivity contribution in [2.45, 2.75) is 24.4 Å². The number of halogens is 2. The van der Waals surface area contributed by atoms with E-state index in [2.05, 4.69) is 64.8 Å². The van der Waals surface area contributed by atoms with Crippen molar-refractivity contribution in [3.8, 4) is 0 Å². The van der Waals surface area contributed by atoms with Gasteiger partial charge in [0.05, 0.1) is 5.02 Å². The normalized spacial score (nSPS) is 12.4. The number of rotatable bonds is 5. The fourth-order valence-electron chi connectivity index (χ4n) is 1.93. The number of hydrogen-bond acceptors (Lipinski definition) is 2. The number of hydrogen-bond donors (Lipinski definition) is 1. The lowest BCUT2D eigenvalue weighted by Crippen LogP contribution is -2.18.